The van der Waals surface area contributed by atoms with Crippen LogP contribution in [0.2, 0.25) is 0 Å². The number of amides is 4. The van der Waals surface area contributed by atoms with Gasteiger partial charge in [-0.25, -0.2) is 0 Å². The molecular weight excluding hydrogens is 272 g/mol. The summed E-state index contributed by atoms with van der Waals surface area (Å²) in [6.45, 7) is 1.97. The highest BCUT2D eigenvalue weighted by Gasteiger charge is 2.73. The van der Waals surface area contributed by atoms with E-state index in [4.69, 9.17) is 0 Å². The topological polar surface area (TPSA) is 92.3 Å². The summed E-state index contributed by atoms with van der Waals surface area (Å²) in [5, 5.41) is 4.86. The van der Waals surface area contributed by atoms with E-state index in [9.17, 15) is 19.2 Å². The molecule has 6 rings (SSSR count). The summed E-state index contributed by atoms with van der Waals surface area (Å²) in [7, 11) is 0. The van der Waals surface area contributed by atoms with Gasteiger partial charge in [-0.1, -0.05) is 11.6 Å². The molecule has 8 atom stereocenters. The molecule has 4 amide bonds. The maximum absolute atomic E-state index is 12.1. The first-order valence-corrected chi connectivity index (χ1v) is 7.38. The van der Waals surface area contributed by atoms with Gasteiger partial charge in [0.15, 0.2) is 0 Å². The van der Waals surface area contributed by atoms with Gasteiger partial charge in [0.2, 0.25) is 23.6 Å². The largest absolute Gasteiger partial charge is 0.296 e. The zero-order chi connectivity index (χ0) is 14.6. The Balaban J connectivity index is 1.66. The molecule has 2 aliphatic heterocycles. The summed E-state index contributed by atoms with van der Waals surface area (Å²) in [6.07, 6.45) is 2.07. The molecule has 6 heteroatoms. The lowest BCUT2D eigenvalue weighted by Crippen LogP contribution is -2.64. The number of nitrogens with one attached hydrogen (secondary N) is 2. The van der Waals surface area contributed by atoms with Gasteiger partial charge in [0.05, 0.1) is 23.7 Å². The molecule has 0 radical (unpaired) electrons. The van der Waals surface area contributed by atoms with Crippen molar-refractivity contribution in [3.8, 4) is 0 Å². The Hall–Kier alpha value is -1.98. The predicted molar refractivity (Wildman–Crippen MR) is 68.0 cm³/mol. The van der Waals surface area contributed by atoms with Crippen molar-refractivity contribution < 1.29 is 19.2 Å². The van der Waals surface area contributed by atoms with E-state index in [-0.39, 0.29) is 71.0 Å². The van der Waals surface area contributed by atoms with Crippen LogP contribution in [0.25, 0.3) is 0 Å². The van der Waals surface area contributed by atoms with Crippen LogP contribution in [-0.4, -0.2) is 23.6 Å². The van der Waals surface area contributed by atoms with Crippen LogP contribution in [0, 0.1) is 47.3 Å². The molecule has 6 aliphatic rings. The summed E-state index contributed by atoms with van der Waals surface area (Å²) < 4.78 is 0. The second-order valence-corrected chi connectivity index (χ2v) is 6.98. The van der Waals surface area contributed by atoms with Crippen LogP contribution < -0.4 is 10.6 Å². The second-order valence-electron chi connectivity index (χ2n) is 6.98. The summed E-state index contributed by atoms with van der Waals surface area (Å²) >= 11 is 0. The molecule has 2 heterocycles. The van der Waals surface area contributed by atoms with Gasteiger partial charge in [-0.3, -0.25) is 29.8 Å². The number of hydrogen-bond acceptors (Lipinski definition) is 4. The maximum Gasteiger partial charge on any atom is 0.231 e. The summed E-state index contributed by atoms with van der Waals surface area (Å²) in [6, 6.07) is 0. The van der Waals surface area contributed by atoms with Crippen molar-refractivity contribution in [1.29, 1.82) is 0 Å². The SMILES string of the molecule is CC1=C[C@@H]2[C@H]3C(=O)NC(=O)[C@@H]3[C@H]1[C@H]1[C@H]3C(=O)NC(=O)[C@@H]3[C@H]21. The maximum atomic E-state index is 12.1. The van der Waals surface area contributed by atoms with Crippen LogP contribution in [0.15, 0.2) is 11.6 Å². The predicted octanol–water partition coefficient (Wildman–Crippen LogP) is -0.784. The summed E-state index contributed by atoms with van der Waals surface area (Å²) in [5.41, 5.74) is 1.10. The first-order valence-electron chi connectivity index (χ1n) is 7.38. The Morgan fingerprint density at radius 3 is 1.90 bits per heavy atom. The monoisotopic (exact) mass is 286 g/mol. The average molecular weight is 286 g/mol. The molecule has 2 N–H and O–H groups in total. The Morgan fingerprint density at radius 2 is 1.24 bits per heavy atom. The number of imide groups is 2. The van der Waals surface area contributed by atoms with E-state index in [1.165, 1.54) is 0 Å². The molecule has 21 heavy (non-hydrogen) atoms. The third-order valence-electron chi connectivity index (χ3n) is 6.39. The quantitative estimate of drug-likeness (QED) is 0.451. The van der Waals surface area contributed by atoms with Gasteiger partial charge in [-0.05, 0) is 30.6 Å². The van der Waals surface area contributed by atoms with E-state index in [1.54, 1.807) is 0 Å². The molecule has 4 fully saturated rings. The fraction of sp³-hybridized carbons (Fsp3) is 0.600. The van der Waals surface area contributed by atoms with Gasteiger partial charge in [-0.15, -0.1) is 0 Å². The standard InChI is InChI=1S/C15H14N2O4/c1-3-2-4-6-8(11-10(6)14(20)17-15(11)21)5(3)9-7(4)12(18)16-13(9)19/h2,4-11H,1H3,(H,16,18,19)(H,17,20,21)/t4-,5+,6+,7+,8+,9+,10+,11+/m0/s1. The highest BCUT2D eigenvalue weighted by atomic mass is 16.2. The van der Waals surface area contributed by atoms with Crippen molar-refractivity contribution in [2.75, 3.05) is 0 Å². The molecule has 4 aliphatic carbocycles. The lowest BCUT2D eigenvalue weighted by molar-refractivity contribution is -0.168. The highest BCUT2D eigenvalue weighted by Crippen LogP contribution is 2.67. The van der Waals surface area contributed by atoms with Crippen molar-refractivity contribution >= 4 is 23.6 Å². The van der Waals surface area contributed by atoms with Crippen LogP contribution in [0.3, 0.4) is 0 Å². The zero-order valence-corrected chi connectivity index (χ0v) is 11.3. The highest BCUT2D eigenvalue weighted by molar-refractivity contribution is 6.09. The smallest absolute Gasteiger partial charge is 0.231 e. The third kappa shape index (κ3) is 1.06. The fourth-order valence-electron chi connectivity index (χ4n) is 5.84. The zero-order valence-electron chi connectivity index (χ0n) is 11.3. The van der Waals surface area contributed by atoms with Crippen molar-refractivity contribution in [2.24, 2.45) is 47.3 Å². The van der Waals surface area contributed by atoms with Crippen molar-refractivity contribution in [3.05, 3.63) is 11.6 Å². The molecule has 2 saturated heterocycles. The van der Waals surface area contributed by atoms with Gasteiger partial charge >= 0.3 is 0 Å². The molecule has 108 valence electrons. The van der Waals surface area contributed by atoms with E-state index in [0.717, 1.165) is 5.57 Å². The first kappa shape index (κ1) is 11.7. The van der Waals surface area contributed by atoms with Gasteiger partial charge < -0.3 is 0 Å². The van der Waals surface area contributed by atoms with E-state index in [1.807, 2.05) is 6.92 Å². The Bertz CT molecular complexity index is 681. The normalized spacial score (nSPS) is 52.5. The molecule has 0 aromatic carbocycles. The van der Waals surface area contributed by atoms with E-state index in [2.05, 4.69) is 16.7 Å². The van der Waals surface area contributed by atoms with E-state index in [0.29, 0.717) is 0 Å². The molecule has 0 unspecified atom stereocenters. The first-order chi connectivity index (χ1) is 10.0. The number of rotatable bonds is 0. The number of allylic oxidation sites excluding steroid dienone is 2. The number of fused-ring (bicyclic) bond motifs is 1. The van der Waals surface area contributed by atoms with Gasteiger partial charge in [0.1, 0.15) is 0 Å². The molecule has 0 aromatic rings. The van der Waals surface area contributed by atoms with Crippen molar-refractivity contribution in [2.45, 2.75) is 6.92 Å². The molecule has 2 saturated carbocycles. The average Bonchev–Trinajstić information content (AvgIpc) is 2.79. The third-order valence-corrected chi connectivity index (χ3v) is 6.39. The van der Waals surface area contributed by atoms with Gasteiger partial charge in [-0.2, -0.15) is 0 Å². The fourth-order valence-corrected chi connectivity index (χ4v) is 5.84. The van der Waals surface area contributed by atoms with Crippen LogP contribution in [-0.2, 0) is 19.2 Å². The van der Waals surface area contributed by atoms with Crippen LogP contribution in [0.4, 0.5) is 0 Å². The molecule has 0 spiro atoms. The minimum absolute atomic E-state index is 0.0352. The van der Waals surface area contributed by atoms with E-state index >= 15 is 0 Å². The Kier molecular flexibility index (Phi) is 1.81. The minimum Gasteiger partial charge on any atom is -0.296 e. The van der Waals surface area contributed by atoms with Crippen LogP contribution in [0.1, 0.15) is 6.92 Å². The molecule has 0 aromatic heterocycles. The molecular formula is C15H14N2O4. The van der Waals surface area contributed by atoms with Crippen molar-refractivity contribution in [1.82, 2.24) is 10.6 Å². The lowest BCUT2D eigenvalue weighted by Gasteiger charge is -2.61. The second kappa shape index (κ2) is 3.26. The lowest BCUT2D eigenvalue weighted by atomic mass is 9.39. The molecule has 6 nitrogen and oxygen atoms in total. The Morgan fingerprint density at radius 1 is 0.714 bits per heavy atom. The number of carbonyl (C=O) groups excluding carboxylic acids is 4. The van der Waals surface area contributed by atoms with Crippen LogP contribution in [0.5, 0.6) is 0 Å². The van der Waals surface area contributed by atoms with Crippen LogP contribution >= 0.6 is 0 Å². The number of hydrogen-bond donors (Lipinski definition) is 2. The van der Waals surface area contributed by atoms with E-state index < -0.39 is 0 Å². The Labute approximate surface area is 120 Å². The van der Waals surface area contributed by atoms with Gasteiger partial charge in [0.25, 0.3) is 0 Å². The summed E-state index contributed by atoms with van der Waals surface area (Å²) in [5.74, 6) is -2.22. The minimum atomic E-state index is -0.350. The van der Waals surface area contributed by atoms with Crippen molar-refractivity contribution in [3.63, 3.8) is 0 Å². The molecule has 2 bridgehead atoms. The number of carbonyl (C=O) groups is 4. The summed E-state index contributed by atoms with van der Waals surface area (Å²) in [4.78, 5) is 48.2. The van der Waals surface area contributed by atoms with Gasteiger partial charge in [0, 0.05) is 0 Å².